The van der Waals surface area contributed by atoms with Gasteiger partial charge >= 0.3 is 0 Å². The van der Waals surface area contributed by atoms with Gasteiger partial charge in [0, 0.05) is 17.1 Å². The molecule has 1 aliphatic rings. The number of carbonyl (C=O) groups excluding carboxylic acids is 1. The van der Waals surface area contributed by atoms with Gasteiger partial charge in [-0.2, -0.15) is 0 Å². The minimum absolute atomic E-state index is 0.0497. The van der Waals surface area contributed by atoms with E-state index in [0.29, 0.717) is 5.69 Å². The first-order valence-corrected chi connectivity index (χ1v) is 7.36. The monoisotopic (exact) mass is 284 g/mol. The van der Waals surface area contributed by atoms with Gasteiger partial charge < -0.3 is 15.6 Å². The van der Waals surface area contributed by atoms with Gasteiger partial charge in [0.15, 0.2) is 0 Å². The lowest BCUT2D eigenvalue weighted by Gasteiger charge is -2.19. The second-order valence-electron chi connectivity index (χ2n) is 5.54. The van der Waals surface area contributed by atoms with Crippen LogP contribution in [0, 0.1) is 0 Å². The van der Waals surface area contributed by atoms with E-state index < -0.39 is 0 Å². The van der Waals surface area contributed by atoms with Gasteiger partial charge in [0.05, 0.1) is 12.0 Å². The number of aryl methyl sites for hydroxylation is 1. The summed E-state index contributed by atoms with van der Waals surface area (Å²) in [5.41, 5.74) is 9.44. The molecule has 1 atom stereocenters. The minimum atomic E-state index is -0.277. The fourth-order valence-corrected chi connectivity index (χ4v) is 2.82. The molecule has 0 radical (unpaired) electrons. The molecule has 1 aromatic heterocycles. The molecule has 5 heteroatoms. The molecule has 0 aliphatic heterocycles. The highest BCUT2D eigenvalue weighted by atomic mass is 16.2. The third-order valence-electron chi connectivity index (χ3n) is 4.01. The number of fused-ring (bicyclic) bond motifs is 1. The largest absolute Gasteiger partial charge is 0.399 e. The van der Waals surface area contributed by atoms with Crippen LogP contribution in [0.2, 0.25) is 0 Å². The van der Waals surface area contributed by atoms with E-state index in [1.807, 2.05) is 23.6 Å². The zero-order chi connectivity index (χ0) is 14.8. The van der Waals surface area contributed by atoms with Crippen molar-refractivity contribution in [2.24, 2.45) is 0 Å². The molecule has 0 fully saturated rings. The van der Waals surface area contributed by atoms with Crippen LogP contribution in [0.4, 0.5) is 11.4 Å². The van der Waals surface area contributed by atoms with Crippen molar-refractivity contribution < 1.29 is 4.79 Å². The first-order valence-electron chi connectivity index (χ1n) is 7.36. The molecule has 0 saturated carbocycles. The molecule has 1 aromatic carbocycles. The highest BCUT2D eigenvalue weighted by molar-refractivity contribution is 5.93. The highest BCUT2D eigenvalue weighted by Crippen LogP contribution is 2.23. The summed E-state index contributed by atoms with van der Waals surface area (Å²) >= 11 is 0. The SMILES string of the molecule is CC(C(=O)Nc1cccc(N)c1)n1cnc2c1CCCC2. The molecule has 1 heterocycles. The predicted octanol–water partition coefficient (Wildman–Crippen LogP) is 2.54. The molecule has 1 aliphatic carbocycles. The number of nitrogens with two attached hydrogens (primary N) is 1. The van der Waals surface area contributed by atoms with Gasteiger partial charge in [-0.15, -0.1) is 0 Å². The van der Waals surface area contributed by atoms with Crippen LogP contribution in [0.15, 0.2) is 30.6 Å². The van der Waals surface area contributed by atoms with E-state index in [1.54, 1.807) is 18.5 Å². The number of benzene rings is 1. The molecule has 1 unspecified atom stereocenters. The summed E-state index contributed by atoms with van der Waals surface area (Å²) in [4.78, 5) is 16.9. The molecule has 0 saturated heterocycles. The molecule has 0 spiro atoms. The maximum atomic E-state index is 12.4. The van der Waals surface area contributed by atoms with Gasteiger partial charge in [0.2, 0.25) is 5.91 Å². The summed E-state index contributed by atoms with van der Waals surface area (Å²) in [6.07, 6.45) is 6.17. The van der Waals surface area contributed by atoms with E-state index in [9.17, 15) is 4.79 Å². The van der Waals surface area contributed by atoms with Crippen LogP contribution in [0.3, 0.4) is 0 Å². The summed E-state index contributed by atoms with van der Waals surface area (Å²) in [5, 5.41) is 2.91. The minimum Gasteiger partial charge on any atom is -0.399 e. The Kier molecular flexibility index (Phi) is 3.64. The lowest BCUT2D eigenvalue weighted by Crippen LogP contribution is -2.25. The number of aromatic nitrogens is 2. The number of hydrogen-bond donors (Lipinski definition) is 2. The lowest BCUT2D eigenvalue weighted by atomic mass is 10.0. The van der Waals surface area contributed by atoms with Crippen molar-refractivity contribution in [3.63, 3.8) is 0 Å². The molecule has 1 amide bonds. The van der Waals surface area contributed by atoms with Gasteiger partial charge in [0.25, 0.3) is 0 Å². The summed E-state index contributed by atoms with van der Waals surface area (Å²) < 4.78 is 2.00. The van der Waals surface area contributed by atoms with Gasteiger partial charge in [0.1, 0.15) is 6.04 Å². The molecule has 2 aromatic rings. The molecule has 0 bridgehead atoms. The molecular weight excluding hydrogens is 264 g/mol. The quantitative estimate of drug-likeness (QED) is 0.851. The first-order chi connectivity index (χ1) is 10.1. The lowest BCUT2D eigenvalue weighted by molar-refractivity contribution is -0.118. The number of nitrogen functional groups attached to an aromatic ring is 1. The van der Waals surface area contributed by atoms with Crippen LogP contribution in [0.1, 0.15) is 37.2 Å². The van der Waals surface area contributed by atoms with Crippen LogP contribution >= 0.6 is 0 Å². The number of nitrogens with zero attached hydrogens (tertiary/aromatic N) is 2. The van der Waals surface area contributed by atoms with Crippen molar-refractivity contribution in [1.29, 1.82) is 0 Å². The summed E-state index contributed by atoms with van der Waals surface area (Å²) in [6.45, 7) is 1.90. The van der Waals surface area contributed by atoms with Crippen molar-refractivity contribution >= 4 is 17.3 Å². The summed E-state index contributed by atoms with van der Waals surface area (Å²) in [5.74, 6) is -0.0497. The van der Waals surface area contributed by atoms with Gasteiger partial charge in [-0.25, -0.2) is 4.98 Å². The van der Waals surface area contributed by atoms with Crippen molar-refractivity contribution in [3.05, 3.63) is 42.0 Å². The fraction of sp³-hybridized carbons (Fsp3) is 0.375. The third kappa shape index (κ3) is 2.77. The van der Waals surface area contributed by atoms with Crippen LogP contribution in [-0.2, 0) is 17.6 Å². The molecule has 3 N–H and O–H groups in total. The van der Waals surface area contributed by atoms with Crippen molar-refractivity contribution in [2.45, 2.75) is 38.6 Å². The molecule has 5 nitrogen and oxygen atoms in total. The van der Waals surface area contributed by atoms with Crippen LogP contribution in [0.5, 0.6) is 0 Å². The molecule has 21 heavy (non-hydrogen) atoms. The fourth-order valence-electron chi connectivity index (χ4n) is 2.82. The average Bonchev–Trinajstić information content (AvgIpc) is 2.90. The summed E-state index contributed by atoms with van der Waals surface area (Å²) in [7, 11) is 0. The van der Waals surface area contributed by atoms with Gasteiger partial charge in [-0.3, -0.25) is 4.79 Å². The van der Waals surface area contributed by atoms with Crippen LogP contribution in [0.25, 0.3) is 0 Å². The predicted molar refractivity (Wildman–Crippen MR) is 83.1 cm³/mol. The number of rotatable bonds is 3. The Morgan fingerprint density at radius 2 is 2.19 bits per heavy atom. The zero-order valence-electron chi connectivity index (χ0n) is 12.2. The number of carbonyl (C=O) groups is 1. The number of anilines is 2. The van der Waals surface area contributed by atoms with Crippen molar-refractivity contribution in [2.75, 3.05) is 11.1 Å². The van der Waals surface area contributed by atoms with Gasteiger partial charge in [-0.05, 0) is 50.8 Å². The normalized spacial score (nSPS) is 15.3. The molecule has 3 rings (SSSR count). The Bertz CT molecular complexity index is 662. The molecule has 110 valence electrons. The maximum absolute atomic E-state index is 12.4. The maximum Gasteiger partial charge on any atom is 0.247 e. The number of hydrogen-bond acceptors (Lipinski definition) is 3. The van der Waals surface area contributed by atoms with E-state index in [-0.39, 0.29) is 11.9 Å². The standard InChI is InChI=1S/C16H20N4O/c1-11(16(21)19-13-6-4-5-12(17)9-13)20-10-18-14-7-2-3-8-15(14)20/h4-6,9-11H,2-3,7-8,17H2,1H3,(H,19,21). The average molecular weight is 284 g/mol. The molecular formula is C16H20N4O. The Morgan fingerprint density at radius 1 is 1.38 bits per heavy atom. The number of nitrogens with one attached hydrogen (secondary N) is 1. The number of amides is 1. The Balaban J connectivity index is 1.77. The van der Waals surface area contributed by atoms with E-state index >= 15 is 0 Å². The smallest absolute Gasteiger partial charge is 0.247 e. The van der Waals surface area contributed by atoms with Gasteiger partial charge in [-0.1, -0.05) is 6.07 Å². The van der Waals surface area contributed by atoms with Crippen LogP contribution < -0.4 is 11.1 Å². The third-order valence-corrected chi connectivity index (χ3v) is 4.01. The number of imidazole rings is 1. The van der Waals surface area contributed by atoms with E-state index in [1.165, 1.54) is 18.5 Å². The van der Waals surface area contributed by atoms with Crippen molar-refractivity contribution in [1.82, 2.24) is 9.55 Å². The first kappa shape index (κ1) is 13.7. The van der Waals surface area contributed by atoms with Crippen LogP contribution in [-0.4, -0.2) is 15.5 Å². The second kappa shape index (κ2) is 5.60. The highest BCUT2D eigenvalue weighted by Gasteiger charge is 2.22. The Labute approximate surface area is 124 Å². The summed E-state index contributed by atoms with van der Waals surface area (Å²) in [6, 6.07) is 6.94. The Hall–Kier alpha value is -2.30. The van der Waals surface area contributed by atoms with E-state index in [4.69, 9.17) is 5.73 Å². The van der Waals surface area contributed by atoms with Crippen molar-refractivity contribution in [3.8, 4) is 0 Å². The second-order valence-corrected chi connectivity index (χ2v) is 5.54. The Morgan fingerprint density at radius 3 is 3.00 bits per heavy atom. The van der Waals surface area contributed by atoms with E-state index in [0.717, 1.165) is 24.2 Å². The van der Waals surface area contributed by atoms with E-state index in [2.05, 4.69) is 10.3 Å². The zero-order valence-corrected chi connectivity index (χ0v) is 12.2. The topological polar surface area (TPSA) is 72.9 Å².